The lowest BCUT2D eigenvalue weighted by Crippen LogP contribution is -2.48. The third kappa shape index (κ3) is 5.09. The van der Waals surface area contributed by atoms with Gasteiger partial charge in [-0.05, 0) is 43.2 Å². The Hall–Kier alpha value is -2.36. The zero-order valence-electron chi connectivity index (χ0n) is 15.6. The van der Waals surface area contributed by atoms with Crippen molar-refractivity contribution in [2.75, 3.05) is 13.7 Å². The predicted molar refractivity (Wildman–Crippen MR) is 106 cm³/mol. The van der Waals surface area contributed by atoms with Gasteiger partial charge in [-0.3, -0.25) is 9.69 Å². The summed E-state index contributed by atoms with van der Waals surface area (Å²) in [7, 11) is 1.66. The molecule has 0 atom stereocenters. The molecule has 1 amide bonds. The van der Waals surface area contributed by atoms with Crippen LogP contribution >= 0.6 is 11.3 Å². The summed E-state index contributed by atoms with van der Waals surface area (Å²) in [5.41, 5.74) is 0.357. The predicted octanol–water partition coefficient (Wildman–Crippen LogP) is 3.71. The second kappa shape index (κ2) is 9.03. The van der Waals surface area contributed by atoms with Gasteiger partial charge in [-0.25, -0.2) is 0 Å². The number of amides is 1. The number of carbonyl (C=O) groups is 1. The fraction of sp³-hybridized carbons (Fsp3) is 0.429. The number of nitrogens with zero attached hydrogens (tertiary/aromatic N) is 2. The second-order valence-corrected chi connectivity index (χ2v) is 8.02. The van der Waals surface area contributed by atoms with E-state index in [4.69, 9.17) is 4.74 Å². The lowest BCUT2D eigenvalue weighted by molar-refractivity contribution is -0.123. The molecule has 0 radical (unpaired) electrons. The summed E-state index contributed by atoms with van der Waals surface area (Å²) >= 11 is 1.68. The highest BCUT2D eigenvalue weighted by Crippen LogP contribution is 2.29. The summed E-state index contributed by atoms with van der Waals surface area (Å²) in [4.78, 5) is 16.0. The molecule has 1 heterocycles. The number of ether oxygens (including phenoxy) is 1. The van der Waals surface area contributed by atoms with Crippen molar-refractivity contribution in [3.05, 3.63) is 52.2 Å². The van der Waals surface area contributed by atoms with Crippen molar-refractivity contribution >= 4 is 17.2 Å². The van der Waals surface area contributed by atoms with E-state index in [2.05, 4.69) is 22.4 Å². The van der Waals surface area contributed by atoms with E-state index in [1.807, 2.05) is 35.7 Å². The molecule has 1 aliphatic carbocycles. The van der Waals surface area contributed by atoms with Crippen molar-refractivity contribution < 1.29 is 9.53 Å². The van der Waals surface area contributed by atoms with Crippen LogP contribution < -0.4 is 10.1 Å². The number of benzene rings is 1. The van der Waals surface area contributed by atoms with Crippen LogP contribution in [0.25, 0.3) is 0 Å². The van der Waals surface area contributed by atoms with Crippen LogP contribution in [0.15, 0.2) is 41.8 Å². The molecule has 5 nitrogen and oxygen atoms in total. The molecule has 0 aliphatic heterocycles. The standard InChI is InChI=1S/C21H25N3O2S/c1-26-19-9-3-2-7-17(19)13-24(14-18-8-6-12-27-18)15-20(25)23-21(16-22)10-4-5-11-21/h2-3,6-9,12H,4-5,10-11,13-15H2,1H3,(H,23,25). The fourth-order valence-electron chi connectivity index (χ4n) is 3.62. The van der Waals surface area contributed by atoms with Crippen LogP contribution in [-0.2, 0) is 17.9 Å². The Morgan fingerprint density at radius 2 is 2.04 bits per heavy atom. The number of nitriles is 1. The molecule has 0 saturated heterocycles. The molecular weight excluding hydrogens is 358 g/mol. The first-order chi connectivity index (χ1) is 13.1. The molecule has 3 rings (SSSR count). The van der Waals surface area contributed by atoms with Crippen LogP contribution in [0.2, 0.25) is 0 Å². The zero-order chi connectivity index (χ0) is 19.1. The van der Waals surface area contributed by atoms with Crippen LogP contribution in [0.4, 0.5) is 0 Å². The number of para-hydroxylation sites is 1. The maximum Gasteiger partial charge on any atom is 0.235 e. The number of hydrogen-bond acceptors (Lipinski definition) is 5. The number of methoxy groups -OCH3 is 1. The van der Waals surface area contributed by atoms with Crippen molar-refractivity contribution in [3.63, 3.8) is 0 Å². The van der Waals surface area contributed by atoms with Crippen LogP contribution in [-0.4, -0.2) is 30.0 Å². The summed E-state index contributed by atoms with van der Waals surface area (Å²) in [6.07, 6.45) is 3.47. The molecule has 6 heteroatoms. The van der Waals surface area contributed by atoms with Gasteiger partial charge in [-0.15, -0.1) is 11.3 Å². The highest BCUT2D eigenvalue weighted by Gasteiger charge is 2.35. The lowest BCUT2D eigenvalue weighted by Gasteiger charge is -2.26. The Morgan fingerprint density at radius 3 is 2.70 bits per heavy atom. The van der Waals surface area contributed by atoms with E-state index in [0.29, 0.717) is 13.1 Å². The zero-order valence-corrected chi connectivity index (χ0v) is 16.4. The molecule has 1 aromatic heterocycles. The van der Waals surface area contributed by atoms with E-state index in [0.717, 1.165) is 37.0 Å². The number of carbonyl (C=O) groups excluding carboxylic acids is 1. The molecule has 0 bridgehead atoms. The van der Waals surface area contributed by atoms with Gasteiger partial charge in [0.25, 0.3) is 0 Å². The van der Waals surface area contributed by atoms with Gasteiger partial charge in [0.1, 0.15) is 11.3 Å². The molecule has 142 valence electrons. The molecule has 1 aliphatic rings. The molecule has 1 aromatic carbocycles. The third-order valence-corrected chi connectivity index (χ3v) is 5.82. The van der Waals surface area contributed by atoms with Gasteiger partial charge in [-0.1, -0.05) is 24.3 Å². The Balaban J connectivity index is 1.71. The van der Waals surface area contributed by atoms with E-state index in [1.165, 1.54) is 4.88 Å². The number of rotatable bonds is 8. The molecule has 0 unspecified atom stereocenters. The van der Waals surface area contributed by atoms with Crippen LogP contribution in [0.3, 0.4) is 0 Å². The Kier molecular flexibility index (Phi) is 6.49. The molecule has 1 N–H and O–H groups in total. The quantitative estimate of drug-likeness (QED) is 0.755. The van der Waals surface area contributed by atoms with E-state index >= 15 is 0 Å². The summed E-state index contributed by atoms with van der Waals surface area (Å²) in [6.45, 7) is 1.54. The van der Waals surface area contributed by atoms with Gasteiger partial charge in [0, 0.05) is 23.5 Å². The first kappa shape index (κ1) is 19.4. The summed E-state index contributed by atoms with van der Waals surface area (Å²) in [5.74, 6) is 0.725. The van der Waals surface area contributed by atoms with Gasteiger partial charge >= 0.3 is 0 Å². The highest BCUT2D eigenvalue weighted by molar-refractivity contribution is 7.09. The normalized spacial score (nSPS) is 15.4. The Bertz CT molecular complexity index is 792. The monoisotopic (exact) mass is 383 g/mol. The first-order valence-electron chi connectivity index (χ1n) is 9.23. The minimum absolute atomic E-state index is 0.0927. The highest BCUT2D eigenvalue weighted by atomic mass is 32.1. The van der Waals surface area contributed by atoms with E-state index < -0.39 is 5.54 Å². The topological polar surface area (TPSA) is 65.4 Å². The van der Waals surface area contributed by atoms with E-state index in [-0.39, 0.29) is 12.5 Å². The first-order valence-corrected chi connectivity index (χ1v) is 10.1. The Morgan fingerprint density at radius 1 is 1.26 bits per heavy atom. The van der Waals surface area contributed by atoms with Crippen molar-refractivity contribution in [2.45, 2.75) is 44.3 Å². The smallest absolute Gasteiger partial charge is 0.235 e. The lowest BCUT2D eigenvalue weighted by atomic mass is 10.00. The van der Waals surface area contributed by atoms with Crippen molar-refractivity contribution in [1.82, 2.24) is 10.2 Å². The maximum atomic E-state index is 12.7. The van der Waals surface area contributed by atoms with Crippen molar-refractivity contribution in [2.24, 2.45) is 0 Å². The van der Waals surface area contributed by atoms with Gasteiger partial charge in [0.15, 0.2) is 0 Å². The molecule has 0 spiro atoms. The van der Waals surface area contributed by atoms with Crippen LogP contribution in [0.1, 0.15) is 36.1 Å². The summed E-state index contributed by atoms with van der Waals surface area (Å²) in [6, 6.07) is 14.3. The molecule has 27 heavy (non-hydrogen) atoms. The minimum Gasteiger partial charge on any atom is -0.496 e. The largest absolute Gasteiger partial charge is 0.496 e. The third-order valence-electron chi connectivity index (χ3n) is 4.96. The van der Waals surface area contributed by atoms with Gasteiger partial charge in [-0.2, -0.15) is 5.26 Å². The van der Waals surface area contributed by atoms with E-state index in [1.54, 1.807) is 18.4 Å². The van der Waals surface area contributed by atoms with Gasteiger partial charge < -0.3 is 10.1 Å². The molecule has 1 fully saturated rings. The summed E-state index contributed by atoms with van der Waals surface area (Å²) in [5, 5.41) is 14.6. The van der Waals surface area contributed by atoms with Gasteiger partial charge in [0.05, 0.1) is 19.7 Å². The molecule has 1 saturated carbocycles. The van der Waals surface area contributed by atoms with Crippen molar-refractivity contribution in [1.29, 1.82) is 5.26 Å². The van der Waals surface area contributed by atoms with Gasteiger partial charge in [0.2, 0.25) is 5.91 Å². The summed E-state index contributed by atoms with van der Waals surface area (Å²) < 4.78 is 5.46. The fourth-order valence-corrected chi connectivity index (χ4v) is 4.36. The number of thiophene rings is 1. The van der Waals surface area contributed by atoms with E-state index in [9.17, 15) is 10.1 Å². The van der Waals surface area contributed by atoms with Crippen LogP contribution in [0, 0.1) is 11.3 Å². The van der Waals surface area contributed by atoms with Crippen molar-refractivity contribution in [3.8, 4) is 11.8 Å². The maximum absolute atomic E-state index is 12.7. The minimum atomic E-state index is -0.684. The average molecular weight is 384 g/mol. The molecule has 2 aromatic rings. The molecular formula is C21H25N3O2S. The number of hydrogen-bond donors (Lipinski definition) is 1. The SMILES string of the molecule is COc1ccccc1CN(CC(=O)NC1(C#N)CCCC1)Cc1cccs1. The number of nitrogens with one attached hydrogen (secondary N) is 1. The van der Waals surface area contributed by atoms with Crippen LogP contribution in [0.5, 0.6) is 5.75 Å². The Labute approximate surface area is 164 Å². The average Bonchev–Trinajstić information content (AvgIpc) is 3.34. The second-order valence-electron chi connectivity index (χ2n) is 6.99.